The summed E-state index contributed by atoms with van der Waals surface area (Å²) in [4.78, 5) is 1.54. The highest BCUT2D eigenvalue weighted by atomic mass is 16.5. The molecule has 1 saturated carbocycles. The molecule has 0 heterocycles. The van der Waals surface area contributed by atoms with Gasteiger partial charge in [-0.15, -0.1) is 0 Å². The summed E-state index contributed by atoms with van der Waals surface area (Å²) in [7, 11) is 0. The first-order chi connectivity index (χ1) is 10.6. The van der Waals surface area contributed by atoms with Crippen molar-refractivity contribution in [1.82, 2.24) is 0 Å². The molecule has 124 valence electrons. The van der Waals surface area contributed by atoms with Crippen LogP contribution in [0.2, 0.25) is 0 Å². The number of benzene rings is 1. The monoisotopic (exact) mass is 306 g/mol. The maximum absolute atomic E-state index is 10.3. The zero-order valence-electron chi connectivity index (χ0n) is 14.4. The summed E-state index contributed by atoms with van der Waals surface area (Å²) < 4.78 is 5.82. The predicted molar refractivity (Wildman–Crippen MR) is 90.7 cm³/mol. The van der Waals surface area contributed by atoms with Crippen molar-refractivity contribution in [2.45, 2.75) is 65.0 Å². The van der Waals surface area contributed by atoms with Gasteiger partial charge >= 0.3 is 0 Å². The molecule has 1 aliphatic carbocycles. The first-order valence-electron chi connectivity index (χ1n) is 8.82. The molecule has 1 aromatic rings. The van der Waals surface area contributed by atoms with Crippen molar-refractivity contribution >= 4 is 0 Å². The molecule has 1 aromatic carbocycles. The van der Waals surface area contributed by atoms with Crippen LogP contribution in [-0.2, 0) is 0 Å². The van der Waals surface area contributed by atoms with Gasteiger partial charge in [0, 0.05) is 0 Å². The first-order valence-corrected chi connectivity index (χ1v) is 8.82. The second kappa shape index (κ2) is 8.54. The SMILES string of the molecule is CC[NH+](CC(O)COc1ccc(C)cc1C)C1CCCCC1. The topological polar surface area (TPSA) is 33.9 Å². The van der Waals surface area contributed by atoms with Crippen molar-refractivity contribution in [3.63, 3.8) is 0 Å². The molecule has 0 aromatic heterocycles. The molecule has 0 amide bonds. The van der Waals surface area contributed by atoms with Gasteiger partial charge in [0.15, 0.2) is 0 Å². The van der Waals surface area contributed by atoms with Crippen LogP contribution in [0.3, 0.4) is 0 Å². The Balaban J connectivity index is 1.81. The third-order valence-electron chi connectivity index (χ3n) is 4.90. The molecule has 0 spiro atoms. The van der Waals surface area contributed by atoms with E-state index in [-0.39, 0.29) is 0 Å². The minimum atomic E-state index is -0.391. The summed E-state index contributed by atoms with van der Waals surface area (Å²) >= 11 is 0. The lowest BCUT2D eigenvalue weighted by atomic mass is 9.94. The van der Waals surface area contributed by atoms with Gasteiger partial charge in [0.25, 0.3) is 0 Å². The van der Waals surface area contributed by atoms with E-state index in [1.807, 2.05) is 6.07 Å². The van der Waals surface area contributed by atoms with Gasteiger partial charge in [0.2, 0.25) is 0 Å². The number of hydrogen-bond donors (Lipinski definition) is 2. The lowest BCUT2D eigenvalue weighted by molar-refractivity contribution is -0.928. The number of ether oxygens (including phenoxy) is 1. The number of nitrogens with one attached hydrogen (secondary N) is 1. The van der Waals surface area contributed by atoms with Gasteiger partial charge in [-0.05, 0) is 58.1 Å². The Morgan fingerprint density at radius 2 is 1.95 bits per heavy atom. The number of likely N-dealkylation sites (N-methyl/N-ethyl adjacent to an activating group) is 1. The molecule has 1 aliphatic rings. The third kappa shape index (κ3) is 4.99. The van der Waals surface area contributed by atoms with Crippen LogP contribution in [0.1, 0.15) is 50.2 Å². The lowest BCUT2D eigenvalue weighted by Crippen LogP contribution is -3.16. The van der Waals surface area contributed by atoms with Crippen LogP contribution < -0.4 is 9.64 Å². The summed E-state index contributed by atoms with van der Waals surface area (Å²) in [6.45, 7) is 8.64. The zero-order chi connectivity index (χ0) is 15.9. The van der Waals surface area contributed by atoms with Gasteiger partial charge in [0.1, 0.15) is 25.0 Å². The number of aliphatic hydroxyl groups excluding tert-OH is 1. The Hall–Kier alpha value is -1.06. The minimum Gasteiger partial charge on any atom is -0.490 e. The molecular weight excluding hydrogens is 274 g/mol. The molecule has 0 saturated heterocycles. The third-order valence-corrected chi connectivity index (χ3v) is 4.90. The van der Waals surface area contributed by atoms with E-state index in [0.29, 0.717) is 6.61 Å². The van der Waals surface area contributed by atoms with Crippen LogP contribution >= 0.6 is 0 Å². The highest BCUT2D eigenvalue weighted by molar-refractivity contribution is 5.35. The summed E-state index contributed by atoms with van der Waals surface area (Å²) in [5.74, 6) is 0.889. The number of aliphatic hydroxyl groups is 1. The van der Waals surface area contributed by atoms with Crippen molar-refractivity contribution in [1.29, 1.82) is 0 Å². The van der Waals surface area contributed by atoms with E-state index in [4.69, 9.17) is 4.74 Å². The average molecular weight is 306 g/mol. The molecule has 0 bridgehead atoms. The van der Waals surface area contributed by atoms with Crippen LogP contribution in [0.25, 0.3) is 0 Å². The van der Waals surface area contributed by atoms with Crippen molar-refractivity contribution in [2.75, 3.05) is 19.7 Å². The van der Waals surface area contributed by atoms with E-state index >= 15 is 0 Å². The first kappa shape index (κ1) is 17.3. The van der Waals surface area contributed by atoms with Crippen LogP contribution in [0.5, 0.6) is 5.75 Å². The predicted octanol–water partition coefficient (Wildman–Crippen LogP) is 2.28. The van der Waals surface area contributed by atoms with Gasteiger partial charge in [-0.1, -0.05) is 24.1 Å². The average Bonchev–Trinajstić information content (AvgIpc) is 2.52. The van der Waals surface area contributed by atoms with Crippen LogP contribution in [-0.4, -0.2) is 36.9 Å². The van der Waals surface area contributed by atoms with Crippen LogP contribution in [0, 0.1) is 13.8 Å². The molecular formula is C19H32NO2+. The molecule has 3 heteroatoms. The van der Waals surface area contributed by atoms with Crippen LogP contribution in [0.15, 0.2) is 18.2 Å². The number of hydrogen-bond acceptors (Lipinski definition) is 2. The largest absolute Gasteiger partial charge is 0.490 e. The van der Waals surface area contributed by atoms with E-state index in [1.54, 1.807) is 0 Å². The second-order valence-corrected chi connectivity index (χ2v) is 6.78. The van der Waals surface area contributed by atoms with Crippen molar-refractivity contribution in [3.8, 4) is 5.75 Å². The van der Waals surface area contributed by atoms with Crippen molar-refractivity contribution < 1.29 is 14.7 Å². The fourth-order valence-corrected chi connectivity index (χ4v) is 3.62. The quantitative estimate of drug-likeness (QED) is 0.810. The Labute approximate surface area is 135 Å². The Kier molecular flexibility index (Phi) is 6.71. The Morgan fingerprint density at radius 3 is 2.59 bits per heavy atom. The fourth-order valence-electron chi connectivity index (χ4n) is 3.62. The second-order valence-electron chi connectivity index (χ2n) is 6.78. The Morgan fingerprint density at radius 1 is 1.23 bits per heavy atom. The van der Waals surface area contributed by atoms with Gasteiger partial charge in [-0.2, -0.15) is 0 Å². The molecule has 3 nitrogen and oxygen atoms in total. The van der Waals surface area contributed by atoms with E-state index in [2.05, 4.69) is 32.9 Å². The maximum Gasteiger partial charge on any atom is 0.137 e. The molecule has 1 fully saturated rings. The highest BCUT2D eigenvalue weighted by Crippen LogP contribution is 2.19. The van der Waals surface area contributed by atoms with E-state index in [9.17, 15) is 5.11 Å². The molecule has 2 rings (SSSR count). The normalized spacial score (nSPS) is 18.9. The number of aryl methyl sites for hydroxylation is 2. The number of quaternary nitrogens is 1. The number of rotatable bonds is 7. The summed E-state index contributed by atoms with van der Waals surface area (Å²) in [6.07, 6.45) is 6.32. The van der Waals surface area contributed by atoms with Gasteiger partial charge < -0.3 is 14.7 Å². The van der Waals surface area contributed by atoms with E-state index in [1.165, 1.54) is 42.6 Å². The zero-order valence-corrected chi connectivity index (χ0v) is 14.4. The van der Waals surface area contributed by atoms with Gasteiger partial charge in [-0.3, -0.25) is 0 Å². The van der Waals surface area contributed by atoms with Gasteiger partial charge in [0.05, 0.1) is 12.6 Å². The fraction of sp³-hybridized carbons (Fsp3) is 0.684. The summed E-state index contributed by atoms with van der Waals surface area (Å²) in [5.41, 5.74) is 2.38. The maximum atomic E-state index is 10.3. The molecule has 2 N–H and O–H groups in total. The smallest absolute Gasteiger partial charge is 0.137 e. The molecule has 2 unspecified atom stereocenters. The standard InChI is InChI=1S/C19H31NO2/c1-4-20(17-8-6-5-7-9-17)13-18(21)14-22-19-11-10-15(2)12-16(19)3/h10-12,17-18,21H,4-9,13-14H2,1-3H3/p+1. The molecule has 0 radical (unpaired) electrons. The van der Waals surface area contributed by atoms with E-state index < -0.39 is 6.10 Å². The van der Waals surface area contributed by atoms with Crippen LogP contribution in [0.4, 0.5) is 0 Å². The summed E-state index contributed by atoms with van der Waals surface area (Å²) in [5, 5.41) is 10.3. The van der Waals surface area contributed by atoms with E-state index in [0.717, 1.165) is 30.4 Å². The molecule has 2 atom stereocenters. The highest BCUT2D eigenvalue weighted by Gasteiger charge is 2.25. The summed E-state index contributed by atoms with van der Waals surface area (Å²) in [6, 6.07) is 6.91. The van der Waals surface area contributed by atoms with Crippen molar-refractivity contribution in [3.05, 3.63) is 29.3 Å². The molecule has 0 aliphatic heterocycles. The van der Waals surface area contributed by atoms with Crippen molar-refractivity contribution in [2.24, 2.45) is 0 Å². The van der Waals surface area contributed by atoms with Gasteiger partial charge in [-0.25, -0.2) is 0 Å². The minimum absolute atomic E-state index is 0.389. The Bertz CT molecular complexity index is 455. The molecule has 22 heavy (non-hydrogen) atoms. The lowest BCUT2D eigenvalue weighted by Gasteiger charge is -2.31.